The quantitative estimate of drug-likeness (QED) is 0.0859. The van der Waals surface area contributed by atoms with Crippen LogP contribution < -0.4 is 10.1 Å². The number of hydrogen-bond donors (Lipinski definition) is 4. The third-order valence-electron chi connectivity index (χ3n) is 12.4. The maximum absolute atomic E-state index is 14.2. The van der Waals surface area contributed by atoms with Gasteiger partial charge in [0.15, 0.2) is 11.4 Å². The van der Waals surface area contributed by atoms with Gasteiger partial charge in [-0.2, -0.15) is 0 Å². The fraction of sp³-hybridized carbons (Fsp3) is 0.435. The Hall–Kier alpha value is -5.64. The van der Waals surface area contributed by atoms with E-state index in [0.29, 0.717) is 48.0 Å². The van der Waals surface area contributed by atoms with E-state index < -0.39 is 18.1 Å². The van der Waals surface area contributed by atoms with E-state index in [9.17, 15) is 19.8 Å². The number of H-pyrrole nitrogens is 1. The SMILES string of the molecule is Cc1ncsc1-c1ccc([C@H](C)NC(=O)[C@@H]2C[C@@H](O)CN2C(=O)[C@@H](c2cc(OCCN(C)C3CCC(c4cc5cc(-c6ccccc6O)nnc5[nH]4)CC3)no2)C(C)C)cc1. The van der Waals surface area contributed by atoms with Crippen molar-refractivity contribution in [1.82, 2.24) is 40.4 Å². The maximum atomic E-state index is 14.2. The van der Waals surface area contributed by atoms with Gasteiger partial charge in [-0.25, -0.2) is 4.98 Å². The Bertz CT molecular complexity index is 2450. The highest BCUT2D eigenvalue weighted by Crippen LogP contribution is 2.37. The van der Waals surface area contributed by atoms with Gasteiger partial charge in [-0.3, -0.25) is 9.59 Å². The molecule has 1 aliphatic carbocycles. The first-order chi connectivity index (χ1) is 29.4. The zero-order valence-corrected chi connectivity index (χ0v) is 36.1. The second-order valence-electron chi connectivity index (χ2n) is 16.9. The first kappa shape index (κ1) is 42.1. The Morgan fingerprint density at radius 3 is 2.54 bits per heavy atom. The van der Waals surface area contributed by atoms with Crippen LogP contribution in [-0.4, -0.2) is 102 Å². The van der Waals surface area contributed by atoms with Crippen LogP contribution in [0.4, 0.5) is 0 Å². The number of β-amino-alcohol motifs (C(OH)–C–C–N with tert-alkyl or cyclic N) is 1. The topological polar surface area (TPSA) is 183 Å². The first-order valence-electron chi connectivity index (χ1n) is 21.2. The van der Waals surface area contributed by atoms with Gasteiger partial charge in [0.25, 0.3) is 5.88 Å². The molecule has 61 heavy (non-hydrogen) atoms. The number of aromatic hydroxyl groups is 1. The summed E-state index contributed by atoms with van der Waals surface area (Å²) in [5.41, 5.74) is 8.03. The number of aromatic nitrogens is 5. The predicted octanol–water partition coefficient (Wildman–Crippen LogP) is 7.37. The monoisotopic (exact) mass is 846 g/mol. The number of likely N-dealkylation sites (N-methyl/N-ethyl adjacent to an activating group) is 1. The number of carbonyl (C=O) groups is 2. The molecule has 0 spiro atoms. The zero-order chi connectivity index (χ0) is 42.8. The normalized spacial score (nSPS) is 20.4. The molecule has 0 bridgehead atoms. The lowest BCUT2D eigenvalue weighted by molar-refractivity contribution is -0.141. The van der Waals surface area contributed by atoms with E-state index in [-0.39, 0.29) is 42.5 Å². The minimum Gasteiger partial charge on any atom is -0.507 e. The van der Waals surface area contributed by atoms with Crippen molar-refractivity contribution < 1.29 is 29.1 Å². The second kappa shape index (κ2) is 18.1. The standard InChI is InChI=1S/C46H54N8O6S/c1-26(2)42(46(58)54-24-34(55)22-38(54)45(57)48-27(3)29-10-12-31(13-11-29)43-28(4)47-25-61-43)40-23-41(52-60-40)59-19-18-53(5)33-16-14-30(15-17-33)36-20-32-21-37(50-51-44(32)49-36)35-8-6-7-9-39(35)56/h6-13,20-21,23,25-27,30,33-34,38,42,55-56H,14-19,22,24H2,1-5H3,(H,48,57)(H,49,51)/t27-,30?,33?,34+,38-,42+/m0/s1. The summed E-state index contributed by atoms with van der Waals surface area (Å²) in [5, 5.41) is 37.9. The Morgan fingerprint density at radius 1 is 1.05 bits per heavy atom. The van der Waals surface area contributed by atoms with Gasteiger partial charge < -0.3 is 39.6 Å². The average molecular weight is 847 g/mol. The molecule has 0 unspecified atom stereocenters. The molecule has 1 saturated heterocycles. The number of nitrogens with zero attached hydrogens (tertiary/aromatic N) is 6. The highest BCUT2D eigenvalue weighted by Gasteiger charge is 2.43. The lowest BCUT2D eigenvalue weighted by atomic mass is 9.83. The van der Waals surface area contributed by atoms with Crippen molar-refractivity contribution in [2.24, 2.45) is 5.92 Å². The summed E-state index contributed by atoms with van der Waals surface area (Å²) in [6, 6.07) is 20.3. The van der Waals surface area contributed by atoms with Gasteiger partial charge in [-0.15, -0.1) is 21.5 Å². The highest BCUT2D eigenvalue weighted by molar-refractivity contribution is 7.13. The van der Waals surface area contributed by atoms with Crippen LogP contribution in [0.15, 0.2) is 76.8 Å². The number of benzene rings is 2. The molecule has 4 atom stereocenters. The summed E-state index contributed by atoms with van der Waals surface area (Å²) in [6.45, 7) is 8.90. The van der Waals surface area contributed by atoms with E-state index in [2.05, 4.69) is 48.7 Å². The third kappa shape index (κ3) is 9.19. The Kier molecular flexibility index (Phi) is 12.5. The summed E-state index contributed by atoms with van der Waals surface area (Å²) in [6.07, 6.45) is 3.50. The van der Waals surface area contributed by atoms with Crippen LogP contribution in [-0.2, 0) is 9.59 Å². The Balaban J connectivity index is 0.823. The van der Waals surface area contributed by atoms with E-state index in [1.807, 2.05) is 75.7 Å². The van der Waals surface area contributed by atoms with Gasteiger partial charge in [-0.1, -0.05) is 50.2 Å². The molecule has 4 aromatic heterocycles. The number of aliphatic hydroxyl groups excluding tert-OH is 1. The molecule has 1 aliphatic heterocycles. The van der Waals surface area contributed by atoms with Gasteiger partial charge in [-0.05, 0) is 99.0 Å². The molecule has 2 aromatic carbocycles. The van der Waals surface area contributed by atoms with E-state index in [1.54, 1.807) is 29.5 Å². The van der Waals surface area contributed by atoms with E-state index in [4.69, 9.17) is 9.26 Å². The zero-order valence-electron chi connectivity index (χ0n) is 35.2. The molecule has 4 N–H and O–H groups in total. The van der Waals surface area contributed by atoms with Crippen molar-refractivity contribution in [1.29, 1.82) is 0 Å². The smallest absolute Gasteiger partial charge is 0.254 e. The second-order valence-corrected chi connectivity index (χ2v) is 17.8. The number of aromatic amines is 1. The minimum absolute atomic E-state index is 0.0569. The number of carbonyl (C=O) groups excluding carboxylic acids is 2. The summed E-state index contributed by atoms with van der Waals surface area (Å²) in [7, 11) is 2.12. The molecule has 320 valence electrons. The molecule has 15 heteroatoms. The van der Waals surface area contributed by atoms with E-state index in [0.717, 1.165) is 64.1 Å². The van der Waals surface area contributed by atoms with Crippen LogP contribution in [0.3, 0.4) is 0 Å². The van der Waals surface area contributed by atoms with Gasteiger partial charge in [0, 0.05) is 48.3 Å². The molecule has 8 rings (SSSR count). The summed E-state index contributed by atoms with van der Waals surface area (Å²) >= 11 is 1.59. The fourth-order valence-corrected chi connectivity index (χ4v) is 9.71. The molecular weight excluding hydrogens is 793 g/mol. The van der Waals surface area contributed by atoms with E-state index in [1.165, 1.54) is 4.90 Å². The van der Waals surface area contributed by atoms with Crippen molar-refractivity contribution in [3.8, 4) is 33.3 Å². The molecule has 2 fully saturated rings. The highest BCUT2D eigenvalue weighted by atomic mass is 32.1. The fourth-order valence-electron chi connectivity index (χ4n) is 8.90. The van der Waals surface area contributed by atoms with Crippen LogP contribution in [0.2, 0.25) is 0 Å². The number of phenolic OH excluding ortho intramolecular Hbond substituents is 1. The van der Waals surface area contributed by atoms with Crippen molar-refractivity contribution in [3.05, 3.63) is 95.0 Å². The van der Waals surface area contributed by atoms with Crippen LogP contribution in [0.5, 0.6) is 11.6 Å². The number of aliphatic hydroxyl groups is 1. The lowest BCUT2D eigenvalue weighted by Gasteiger charge is -2.34. The molecule has 2 aliphatic rings. The number of ether oxygens (including phenoxy) is 1. The first-order valence-corrected chi connectivity index (χ1v) is 22.0. The van der Waals surface area contributed by atoms with E-state index >= 15 is 0 Å². The largest absolute Gasteiger partial charge is 0.507 e. The number of aryl methyl sites for hydroxylation is 1. The Labute approximate surface area is 359 Å². The average Bonchev–Trinajstić information content (AvgIpc) is 4.08. The minimum atomic E-state index is -0.823. The summed E-state index contributed by atoms with van der Waals surface area (Å²) in [4.78, 5) is 40.6. The number of likely N-dealkylation sites (tertiary alicyclic amines) is 1. The van der Waals surface area contributed by atoms with Crippen molar-refractivity contribution in [3.63, 3.8) is 0 Å². The predicted molar refractivity (Wildman–Crippen MR) is 233 cm³/mol. The third-order valence-corrected chi connectivity index (χ3v) is 13.4. The van der Waals surface area contributed by atoms with Crippen LogP contribution >= 0.6 is 11.3 Å². The molecular formula is C46H54N8O6S. The van der Waals surface area contributed by atoms with Gasteiger partial charge >= 0.3 is 0 Å². The number of phenols is 1. The van der Waals surface area contributed by atoms with Crippen molar-refractivity contribution in [2.45, 2.75) is 95.9 Å². The molecule has 14 nitrogen and oxygen atoms in total. The number of nitrogens with one attached hydrogen (secondary N) is 2. The summed E-state index contributed by atoms with van der Waals surface area (Å²) < 4.78 is 11.8. The number of amides is 2. The van der Waals surface area contributed by atoms with Gasteiger partial charge in [0.2, 0.25) is 11.8 Å². The number of hydrogen-bond acceptors (Lipinski definition) is 12. The molecule has 1 saturated carbocycles. The number of fused-ring (bicyclic) bond motifs is 1. The number of rotatable bonds is 14. The molecule has 0 radical (unpaired) electrons. The number of thiazole rings is 1. The number of para-hydroxylation sites is 1. The maximum Gasteiger partial charge on any atom is 0.254 e. The summed E-state index contributed by atoms with van der Waals surface area (Å²) in [5.74, 6) is -0.242. The van der Waals surface area contributed by atoms with Crippen LogP contribution in [0, 0.1) is 12.8 Å². The van der Waals surface area contributed by atoms with Crippen molar-refractivity contribution in [2.75, 3.05) is 26.7 Å². The molecule has 5 heterocycles. The van der Waals surface area contributed by atoms with Gasteiger partial charge in [0.1, 0.15) is 24.3 Å². The van der Waals surface area contributed by atoms with Crippen molar-refractivity contribution >= 4 is 34.2 Å². The molecule has 6 aromatic rings. The Morgan fingerprint density at radius 2 is 1.82 bits per heavy atom. The van der Waals surface area contributed by atoms with Crippen LogP contribution in [0.25, 0.3) is 32.7 Å². The van der Waals surface area contributed by atoms with Gasteiger partial charge in [0.05, 0.1) is 33.9 Å². The molecule has 2 amide bonds. The lowest BCUT2D eigenvalue weighted by Crippen LogP contribution is -2.48. The van der Waals surface area contributed by atoms with Crippen LogP contribution in [0.1, 0.15) is 93.5 Å².